The van der Waals surface area contributed by atoms with Crippen molar-refractivity contribution in [2.75, 3.05) is 6.61 Å². The summed E-state index contributed by atoms with van der Waals surface area (Å²) >= 11 is 0. The van der Waals surface area contributed by atoms with Crippen LogP contribution in [0.3, 0.4) is 0 Å². The van der Waals surface area contributed by atoms with Gasteiger partial charge in [-0.15, -0.1) is 0 Å². The first-order chi connectivity index (χ1) is 7.53. The Morgan fingerprint density at radius 3 is 2.56 bits per heavy atom. The van der Waals surface area contributed by atoms with Crippen molar-refractivity contribution in [2.45, 2.75) is 64.9 Å². The molecule has 0 amide bonds. The third-order valence-corrected chi connectivity index (χ3v) is 5.99. The fraction of sp³-hybridized carbons (Fsp3) is 1.00. The number of ether oxygens (including phenoxy) is 1. The van der Waals surface area contributed by atoms with E-state index in [2.05, 4.69) is 20.8 Å². The van der Waals surface area contributed by atoms with Crippen LogP contribution in [0.2, 0.25) is 0 Å². The number of hydrogen-bond acceptors (Lipinski definition) is 1. The Balaban J connectivity index is 1.88. The molecule has 3 rings (SSSR count). The maximum atomic E-state index is 6.06. The SMILES string of the molecule is CC1(C)CCC[C@@H]2C3CCO[C@]3(C)CC[C@H]21. The van der Waals surface area contributed by atoms with E-state index >= 15 is 0 Å². The summed E-state index contributed by atoms with van der Waals surface area (Å²) in [7, 11) is 0. The minimum absolute atomic E-state index is 0.245. The molecule has 0 aromatic carbocycles. The first-order valence-electron chi connectivity index (χ1n) is 7.17. The van der Waals surface area contributed by atoms with Gasteiger partial charge in [-0.2, -0.15) is 0 Å². The molecule has 1 unspecified atom stereocenters. The molecule has 1 heterocycles. The fourth-order valence-corrected chi connectivity index (χ4v) is 5.04. The summed E-state index contributed by atoms with van der Waals surface area (Å²) in [4.78, 5) is 0. The maximum Gasteiger partial charge on any atom is 0.0686 e. The number of fused-ring (bicyclic) bond motifs is 3. The molecule has 3 fully saturated rings. The van der Waals surface area contributed by atoms with Crippen molar-refractivity contribution in [3.05, 3.63) is 0 Å². The molecule has 0 spiro atoms. The summed E-state index contributed by atoms with van der Waals surface area (Å²) in [5.41, 5.74) is 0.835. The van der Waals surface area contributed by atoms with Gasteiger partial charge in [0.1, 0.15) is 0 Å². The topological polar surface area (TPSA) is 9.23 Å². The van der Waals surface area contributed by atoms with Crippen LogP contribution in [-0.2, 0) is 4.74 Å². The second-order valence-corrected chi connectivity index (χ2v) is 7.25. The summed E-state index contributed by atoms with van der Waals surface area (Å²) in [5.74, 6) is 2.80. The van der Waals surface area contributed by atoms with Gasteiger partial charge in [0.25, 0.3) is 0 Å². The Kier molecular flexibility index (Phi) is 2.41. The van der Waals surface area contributed by atoms with Gasteiger partial charge in [0.05, 0.1) is 5.60 Å². The Morgan fingerprint density at radius 1 is 0.938 bits per heavy atom. The molecule has 1 nitrogen and oxygen atoms in total. The summed E-state index contributed by atoms with van der Waals surface area (Å²) in [6, 6.07) is 0. The molecule has 2 saturated carbocycles. The zero-order chi connectivity index (χ0) is 11.4. The molecule has 92 valence electrons. The lowest BCUT2D eigenvalue weighted by molar-refractivity contribution is -0.100. The van der Waals surface area contributed by atoms with Crippen molar-refractivity contribution in [3.8, 4) is 0 Å². The highest BCUT2D eigenvalue weighted by atomic mass is 16.5. The van der Waals surface area contributed by atoms with E-state index in [1.165, 1.54) is 38.5 Å². The zero-order valence-electron chi connectivity index (χ0n) is 11.1. The molecule has 0 radical (unpaired) electrons. The van der Waals surface area contributed by atoms with Gasteiger partial charge in [0.2, 0.25) is 0 Å². The van der Waals surface area contributed by atoms with Gasteiger partial charge in [0.15, 0.2) is 0 Å². The summed E-state index contributed by atoms with van der Waals surface area (Å²) in [5, 5.41) is 0. The van der Waals surface area contributed by atoms with Gasteiger partial charge in [-0.1, -0.05) is 20.3 Å². The van der Waals surface area contributed by atoms with Crippen molar-refractivity contribution in [2.24, 2.45) is 23.2 Å². The number of hydrogen-bond donors (Lipinski definition) is 0. The molecule has 1 heteroatoms. The smallest absolute Gasteiger partial charge is 0.0686 e. The molecule has 3 aliphatic rings. The van der Waals surface area contributed by atoms with Crippen molar-refractivity contribution in [1.82, 2.24) is 0 Å². The Hall–Kier alpha value is -0.0400. The lowest BCUT2D eigenvalue weighted by Crippen LogP contribution is -2.49. The molecule has 4 atom stereocenters. The molecule has 1 aliphatic heterocycles. The second-order valence-electron chi connectivity index (χ2n) is 7.25. The van der Waals surface area contributed by atoms with Crippen LogP contribution in [0.4, 0.5) is 0 Å². The van der Waals surface area contributed by atoms with Crippen molar-refractivity contribution in [3.63, 3.8) is 0 Å². The second kappa shape index (κ2) is 3.48. The fourth-order valence-electron chi connectivity index (χ4n) is 5.04. The molecule has 1 saturated heterocycles. The third kappa shape index (κ3) is 1.47. The van der Waals surface area contributed by atoms with E-state index in [-0.39, 0.29) is 5.60 Å². The average Bonchev–Trinajstić information content (AvgIpc) is 2.59. The molecule has 2 aliphatic carbocycles. The third-order valence-electron chi connectivity index (χ3n) is 5.99. The monoisotopic (exact) mass is 222 g/mol. The van der Waals surface area contributed by atoms with Crippen LogP contribution >= 0.6 is 0 Å². The van der Waals surface area contributed by atoms with Crippen molar-refractivity contribution < 1.29 is 4.74 Å². The Bertz CT molecular complexity index is 281. The Labute approximate surface area is 99.9 Å². The van der Waals surface area contributed by atoms with Gasteiger partial charge in [0, 0.05) is 6.61 Å². The van der Waals surface area contributed by atoms with E-state index in [1.54, 1.807) is 0 Å². The molecular weight excluding hydrogens is 196 g/mol. The lowest BCUT2D eigenvalue weighted by Gasteiger charge is -2.53. The molecule has 0 aromatic heterocycles. The summed E-state index contributed by atoms with van der Waals surface area (Å²) in [6.07, 6.45) is 8.40. The predicted octanol–water partition coefficient (Wildman–Crippen LogP) is 4.02. The molecule has 0 N–H and O–H groups in total. The Morgan fingerprint density at radius 2 is 1.75 bits per heavy atom. The van der Waals surface area contributed by atoms with Crippen LogP contribution in [0.15, 0.2) is 0 Å². The van der Waals surface area contributed by atoms with Crippen LogP contribution in [0.5, 0.6) is 0 Å². The normalized spacial score (nSPS) is 50.8. The van der Waals surface area contributed by atoms with Crippen molar-refractivity contribution in [1.29, 1.82) is 0 Å². The van der Waals surface area contributed by atoms with E-state index < -0.39 is 0 Å². The van der Waals surface area contributed by atoms with Crippen LogP contribution < -0.4 is 0 Å². The van der Waals surface area contributed by atoms with Gasteiger partial charge < -0.3 is 4.74 Å². The van der Waals surface area contributed by atoms with E-state index in [9.17, 15) is 0 Å². The van der Waals surface area contributed by atoms with Crippen LogP contribution in [0, 0.1) is 23.2 Å². The van der Waals surface area contributed by atoms with Gasteiger partial charge in [-0.25, -0.2) is 0 Å². The minimum atomic E-state index is 0.245. The average molecular weight is 222 g/mol. The maximum absolute atomic E-state index is 6.06. The summed E-state index contributed by atoms with van der Waals surface area (Å²) in [6.45, 7) is 8.40. The van der Waals surface area contributed by atoms with Crippen molar-refractivity contribution >= 4 is 0 Å². The highest BCUT2D eigenvalue weighted by Crippen LogP contribution is 2.58. The van der Waals surface area contributed by atoms with Crippen LogP contribution in [0.25, 0.3) is 0 Å². The molecule has 0 bridgehead atoms. The van der Waals surface area contributed by atoms with Crippen LogP contribution in [-0.4, -0.2) is 12.2 Å². The minimum Gasteiger partial charge on any atom is -0.375 e. The van der Waals surface area contributed by atoms with E-state index in [0.717, 1.165) is 24.4 Å². The van der Waals surface area contributed by atoms with E-state index in [4.69, 9.17) is 4.74 Å². The van der Waals surface area contributed by atoms with E-state index in [0.29, 0.717) is 5.41 Å². The van der Waals surface area contributed by atoms with Crippen LogP contribution in [0.1, 0.15) is 59.3 Å². The first-order valence-corrected chi connectivity index (χ1v) is 7.17. The number of rotatable bonds is 0. The van der Waals surface area contributed by atoms with Gasteiger partial charge in [-0.3, -0.25) is 0 Å². The zero-order valence-corrected chi connectivity index (χ0v) is 11.1. The summed E-state index contributed by atoms with van der Waals surface area (Å²) < 4.78 is 6.06. The largest absolute Gasteiger partial charge is 0.375 e. The highest BCUT2D eigenvalue weighted by molar-refractivity contribution is 5.03. The quantitative estimate of drug-likeness (QED) is 0.601. The van der Waals surface area contributed by atoms with Gasteiger partial charge >= 0.3 is 0 Å². The molecule has 16 heavy (non-hydrogen) atoms. The molecule has 0 aromatic rings. The first kappa shape index (κ1) is 11.1. The highest BCUT2D eigenvalue weighted by Gasteiger charge is 2.54. The standard InChI is InChI=1S/C15H26O/c1-14(2)8-4-5-11-12(14)6-9-15(3)13(11)7-10-16-15/h11-13H,4-10H2,1-3H3/t11-,12+,13?,15+/m0/s1. The molecular formula is C15H26O. The van der Waals surface area contributed by atoms with Gasteiger partial charge in [-0.05, 0) is 62.2 Å². The lowest BCUT2D eigenvalue weighted by atomic mass is 9.53. The van der Waals surface area contributed by atoms with E-state index in [1.807, 2.05) is 0 Å². The predicted molar refractivity (Wildman–Crippen MR) is 66.3 cm³/mol.